The SMILES string of the molecule is O=C1C(c2ccccc2)=C(c2ccccc2)c2c1c1oc2c2ccccc12. The summed E-state index contributed by atoms with van der Waals surface area (Å²) in [5.74, 6) is 0.0505. The fraction of sp³-hybridized carbons (Fsp3) is 0. The van der Waals surface area contributed by atoms with Crippen LogP contribution in [0.25, 0.3) is 33.1 Å². The van der Waals surface area contributed by atoms with Gasteiger partial charge in [-0.1, -0.05) is 84.9 Å². The van der Waals surface area contributed by atoms with Gasteiger partial charge in [0.25, 0.3) is 0 Å². The molecule has 6 rings (SSSR count). The molecule has 2 heterocycles. The number of Topliss-reactive ketones (excluding diaryl/α,β-unsaturated/α-hetero) is 1. The number of benzene rings is 4. The number of furan rings is 2. The summed E-state index contributed by atoms with van der Waals surface area (Å²) in [6.07, 6.45) is 0. The van der Waals surface area contributed by atoms with E-state index in [0.717, 1.165) is 44.2 Å². The molecule has 2 nitrogen and oxygen atoms in total. The number of rotatable bonds is 2. The predicted molar refractivity (Wildman–Crippen MR) is 108 cm³/mol. The summed E-state index contributed by atoms with van der Waals surface area (Å²) < 4.78 is 6.12. The molecule has 0 unspecified atom stereocenters. The van der Waals surface area contributed by atoms with Crippen LogP contribution >= 0.6 is 0 Å². The summed E-state index contributed by atoms with van der Waals surface area (Å²) in [7, 11) is 0. The van der Waals surface area contributed by atoms with Crippen LogP contribution in [0.2, 0.25) is 0 Å². The highest BCUT2D eigenvalue weighted by Gasteiger charge is 2.39. The lowest BCUT2D eigenvalue weighted by Crippen LogP contribution is -1.98. The number of hydrogen-bond acceptors (Lipinski definition) is 2. The van der Waals surface area contributed by atoms with Crippen LogP contribution in [0.3, 0.4) is 0 Å². The zero-order chi connectivity index (χ0) is 18.0. The van der Waals surface area contributed by atoms with Gasteiger partial charge in [0.2, 0.25) is 0 Å². The Morgan fingerprint density at radius 1 is 0.519 bits per heavy atom. The van der Waals surface area contributed by atoms with E-state index in [1.54, 1.807) is 0 Å². The topological polar surface area (TPSA) is 30.2 Å². The normalized spacial score (nSPS) is 13.9. The molecular formula is C25H14O2. The van der Waals surface area contributed by atoms with Gasteiger partial charge in [0.15, 0.2) is 5.78 Å². The van der Waals surface area contributed by atoms with E-state index in [4.69, 9.17) is 4.42 Å². The van der Waals surface area contributed by atoms with Gasteiger partial charge in [-0.15, -0.1) is 0 Å². The van der Waals surface area contributed by atoms with Crippen molar-refractivity contribution in [1.82, 2.24) is 0 Å². The average Bonchev–Trinajstić information content (AvgIpc) is 3.38. The van der Waals surface area contributed by atoms with Crippen molar-refractivity contribution in [3.8, 4) is 0 Å². The molecule has 0 spiro atoms. The fourth-order valence-electron chi connectivity index (χ4n) is 4.28. The zero-order valence-corrected chi connectivity index (χ0v) is 14.4. The first-order valence-electron chi connectivity index (χ1n) is 9.01. The van der Waals surface area contributed by atoms with Crippen LogP contribution in [-0.2, 0) is 0 Å². The van der Waals surface area contributed by atoms with Gasteiger partial charge >= 0.3 is 0 Å². The molecule has 1 aliphatic carbocycles. The van der Waals surface area contributed by atoms with Crippen molar-refractivity contribution in [2.45, 2.75) is 0 Å². The molecule has 0 fully saturated rings. The molecule has 126 valence electrons. The molecule has 3 aromatic carbocycles. The summed E-state index contributed by atoms with van der Waals surface area (Å²) in [4.78, 5) is 13.5. The maximum absolute atomic E-state index is 13.5. The van der Waals surface area contributed by atoms with Crippen LogP contribution in [0.15, 0.2) is 89.3 Å². The summed E-state index contributed by atoms with van der Waals surface area (Å²) in [6, 6.07) is 28.1. The van der Waals surface area contributed by atoms with Crippen molar-refractivity contribution in [3.63, 3.8) is 0 Å². The molecule has 0 aliphatic heterocycles. The molecule has 2 heteroatoms. The molecule has 0 radical (unpaired) electrons. The summed E-state index contributed by atoms with van der Waals surface area (Å²) in [6.45, 7) is 0. The fourth-order valence-corrected chi connectivity index (χ4v) is 4.28. The number of carbonyl (C=O) groups is 1. The number of fused-ring (bicyclic) bond motifs is 8. The van der Waals surface area contributed by atoms with E-state index in [1.807, 2.05) is 66.7 Å². The lowest BCUT2D eigenvalue weighted by Gasteiger charge is -2.08. The number of allylic oxidation sites excluding steroid dienone is 1. The van der Waals surface area contributed by atoms with Crippen LogP contribution in [0.4, 0.5) is 0 Å². The van der Waals surface area contributed by atoms with Crippen molar-refractivity contribution in [2.24, 2.45) is 0 Å². The minimum absolute atomic E-state index is 0.0505. The lowest BCUT2D eigenvalue weighted by atomic mass is 9.93. The third-order valence-electron chi connectivity index (χ3n) is 5.40. The Kier molecular flexibility index (Phi) is 2.78. The van der Waals surface area contributed by atoms with Crippen LogP contribution < -0.4 is 0 Å². The van der Waals surface area contributed by atoms with Gasteiger partial charge in [-0.05, 0) is 11.1 Å². The van der Waals surface area contributed by atoms with E-state index in [1.165, 1.54) is 0 Å². The van der Waals surface area contributed by atoms with Gasteiger partial charge in [0.1, 0.15) is 11.2 Å². The van der Waals surface area contributed by atoms with Crippen molar-refractivity contribution in [1.29, 1.82) is 0 Å². The van der Waals surface area contributed by atoms with E-state index in [-0.39, 0.29) is 5.78 Å². The monoisotopic (exact) mass is 346 g/mol. The van der Waals surface area contributed by atoms with E-state index < -0.39 is 0 Å². The largest absolute Gasteiger partial charge is 0.455 e. The van der Waals surface area contributed by atoms with Gasteiger partial charge in [-0.25, -0.2) is 0 Å². The lowest BCUT2D eigenvalue weighted by molar-refractivity contribution is 0.106. The highest BCUT2D eigenvalue weighted by molar-refractivity contribution is 6.46. The van der Waals surface area contributed by atoms with E-state index in [2.05, 4.69) is 18.2 Å². The van der Waals surface area contributed by atoms with E-state index in [0.29, 0.717) is 11.1 Å². The van der Waals surface area contributed by atoms with E-state index >= 15 is 0 Å². The maximum Gasteiger partial charge on any atom is 0.198 e. The van der Waals surface area contributed by atoms with Gasteiger partial charge < -0.3 is 4.42 Å². The Labute approximate surface area is 155 Å². The molecule has 0 amide bonds. The van der Waals surface area contributed by atoms with E-state index in [9.17, 15) is 4.79 Å². The first-order valence-corrected chi connectivity index (χ1v) is 9.01. The number of hydrogen-bond donors (Lipinski definition) is 0. The third kappa shape index (κ3) is 1.82. The predicted octanol–water partition coefficient (Wildman–Crippen LogP) is 6.18. The number of ketones is 1. The van der Waals surface area contributed by atoms with Crippen LogP contribution in [-0.4, -0.2) is 5.78 Å². The van der Waals surface area contributed by atoms with Gasteiger partial charge in [0, 0.05) is 27.5 Å². The maximum atomic E-state index is 13.5. The van der Waals surface area contributed by atoms with Crippen molar-refractivity contribution >= 4 is 38.9 Å². The Bertz CT molecular complexity index is 1360. The highest BCUT2D eigenvalue weighted by atomic mass is 16.3. The first-order chi connectivity index (χ1) is 13.3. The Morgan fingerprint density at radius 2 is 1.00 bits per heavy atom. The van der Waals surface area contributed by atoms with Crippen LogP contribution in [0.5, 0.6) is 0 Å². The minimum atomic E-state index is 0.0505. The Morgan fingerprint density at radius 3 is 1.59 bits per heavy atom. The van der Waals surface area contributed by atoms with Gasteiger partial charge in [-0.3, -0.25) is 4.79 Å². The molecule has 27 heavy (non-hydrogen) atoms. The molecule has 0 saturated carbocycles. The van der Waals surface area contributed by atoms with Crippen molar-refractivity contribution in [2.75, 3.05) is 0 Å². The summed E-state index contributed by atoms with van der Waals surface area (Å²) >= 11 is 0. The Balaban J connectivity index is 1.77. The summed E-state index contributed by atoms with van der Waals surface area (Å²) in [5.41, 5.74) is 6.89. The van der Waals surface area contributed by atoms with Gasteiger partial charge in [0.05, 0.1) is 5.56 Å². The molecule has 0 N–H and O–H groups in total. The molecule has 1 aliphatic rings. The Hall–Kier alpha value is -3.65. The summed E-state index contributed by atoms with van der Waals surface area (Å²) in [5, 5.41) is 2.09. The molecule has 5 aromatic rings. The molecule has 2 aromatic heterocycles. The quantitative estimate of drug-likeness (QED) is 0.382. The average molecular weight is 346 g/mol. The van der Waals surface area contributed by atoms with Gasteiger partial charge in [-0.2, -0.15) is 0 Å². The second kappa shape index (κ2) is 5.18. The zero-order valence-electron chi connectivity index (χ0n) is 14.4. The van der Waals surface area contributed by atoms with Crippen molar-refractivity contribution in [3.05, 3.63) is 107 Å². The molecular weight excluding hydrogens is 332 g/mol. The second-order valence-corrected chi connectivity index (χ2v) is 6.87. The molecule has 0 saturated heterocycles. The number of carbonyl (C=O) groups excluding carboxylic acids is 1. The second-order valence-electron chi connectivity index (χ2n) is 6.87. The molecule has 2 bridgehead atoms. The molecule has 0 atom stereocenters. The highest BCUT2D eigenvalue weighted by Crippen LogP contribution is 2.51. The standard InChI is InChI=1S/C25H14O2/c26-23-20(16-11-5-2-6-12-16)19(15-9-3-1-4-10-15)21-22(23)25-18-14-8-7-13-17(18)24(21)27-25/h1-14H. The first kappa shape index (κ1) is 14.5. The third-order valence-corrected chi connectivity index (χ3v) is 5.40. The van der Waals surface area contributed by atoms with Crippen molar-refractivity contribution < 1.29 is 9.21 Å². The minimum Gasteiger partial charge on any atom is -0.455 e. The smallest absolute Gasteiger partial charge is 0.198 e. The van der Waals surface area contributed by atoms with Crippen LogP contribution in [0.1, 0.15) is 27.0 Å². The van der Waals surface area contributed by atoms with Crippen LogP contribution in [0, 0.1) is 0 Å².